The zero-order valence-corrected chi connectivity index (χ0v) is 11.7. The number of nitrogens with two attached hydrogens (primary N) is 1. The third-order valence-corrected chi connectivity index (χ3v) is 4.76. The van der Waals surface area contributed by atoms with Crippen LogP contribution in [0.1, 0.15) is 57.8 Å². The fourth-order valence-electron chi connectivity index (χ4n) is 3.41. The van der Waals surface area contributed by atoms with E-state index < -0.39 is 0 Å². The van der Waals surface area contributed by atoms with E-state index in [1.165, 1.54) is 70.9 Å². The van der Waals surface area contributed by atoms with Gasteiger partial charge in [-0.25, -0.2) is 0 Å². The monoisotopic (exact) mass is 254 g/mol. The maximum atomic E-state index is 5.86. The molecule has 0 bridgehead atoms. The lowest BCUT2D eigenvalue weighted by Gasteiger charge is -2.36. The number of hydrogen-bond acceptors (Lipinski definition) is 2. The van der Waals surface area contributed by atoms with Crippen LogP contribution in [0.5, 0.6) is 0 Å². The first-order valence-electron chi connectivity index (χ1n) is 7.31. The minimum atomic E-state index is 0.391. The van der Waals surface area contributed by atoms with Crippen molar-refractivity contribution in [3.8, 4) is 0 Å². The summed E-state index contributed by atoms with van der Waals surface area (Å²) in [6, 6.07) is 0.391. The molecular formula is C14H26N2S. The van der Waals surface area contributed by atoms with Crippen LogP contribution >= 0.6 is 12.2 Å². The molecule has 2 rings (SSSR count). The summed E-state index contributed by atoms with van der Waals surface area (Å²) in [7, 11) is 0. The lowest BCUT2D eigenvalue weighted by atomic mass is 9.86. The lowest BCUT2D eigenvalue weighted by molar-refractivity contribution is 0.172. The number of nitrogens with zero attached hydrogens (tertiary/aromatic N) is 1. The first-order chi connectivity index (χ1) is 8.27. The number of likely N-dealkylation sites (tertiary alicyclic amines) is 1. The molecule has 1 saturated heterocycles. The van der Waals surface area contributed by atoms with E-state index >= 15 is 0 Å². The Morgan fingerprint density at radius 3 is 2.47 bits per heavy atom. The SMILES string of the molecule is NC(=S)C1CCCCN1CCC1CCCCC1. The van der Waals surface area contributed by atoms with E-state index in [9.17, 15) is 0 Å². The summed E-state index contributed by atoms with van der Waals surface area (Å²) < 4.78 is 0. The van der Waals surface area contributed by atoms with Gasteiger partial charge in [-0.1, -0.05) is 50.7 Å². The van der Waals surface area contributed by atoms with Gasteiger partial charge in [0.15, 0.2) is 0 Å². The minimum Gasteiger partial charge on any atom is -0.392 e. The Morgan fingerprint density at radius 1 is 1.06 bits per heavy atom. The van der Waals surface area contributed by atoms with Crippen LogP contribution in [0.25, 0.3) is 0 Å². The maximum Gasteiger partial charge on any atom is 0.0902 e. The standard InChI is InChI=1S/C14H26N2S/c15-14(17)13-8-4-5-10-16(13)11-9-12-6-2-1-3-7-12/h12-13H,1-11H2,(H2,15,17). The average molecular weight is 254 g/mol. The van der Waals surface area contributed by atoms with Crippen LogP contribution < -0.4 is 5.73 Å². The molecule has 1 aliphatic carbocycles. The van der Waals surface area contributed by atoms with Crippen molar-refractivity contribution >= 4 is 17.2 Å². The summed E-state index contributed by atoms with van der Waals surface area (Å²) in [4.78, 5) is 3.26. The van der Waals surface area contributed by atoms with Crippen LogP contribution in [-0.2, 0) is 0 Å². The van der Waals surface area contributed by atoms with Gasteiger partial charge in [0.25, 0.3) is 0 Å². The Morgan fingerprint density at radius 2 is 1.76 bits per heavy atom. The predicted molar refractivity (Wildman–Crippen MR) is 77.2 cm³/mol. The van der Waals surface area contributed by atoms with Crippen LogP contribution in [0.15, 0.2) is 0 Å². The van der Waals surface area contributed by atoms with E-state index in [1.807, 2.05) is 0 Å². The number of piperidine rings is 1. The zero-order valence-electron chi connectivity index (χ0n) is 10.9. The first kappa shape index (κ1) is 13.3. The van der Waals surface area contributed by atoms with Gasteiger partial charge in [-0.05, 0) is 38.3 Å². The molecule has 1 unspecified atom stereocenters. The second-order valence-corrected chi connectivity index (χ2v) is 6.21. The highest BCUT2D eigenvalue weighted by atomic mass is 32.1. The summed E-state index contributed by atoms with van der Waals surface area (Å²) in [6.45, 7) is 2.42. The third-order valence-electron chi connectivity index (χ3n) is 4.49. The van der Waals surface area contributed by atoms with Crippen LogP contribution in [0.2, 0.25) is 0 Å². The van der Waals surface area contributed by atoms with E-state index in [0.29, 0.717) is 11.0 Å². The van der Waals surface area contributed by atoms with E-state index in [-0.39, 0.29) is 0 Å². The molecule has 2 nitrogen and oxygen atoms in total. The van der Waals surface area contributed by atoms with Crippen molar-refractivity contribution in [2.75, 3.05) is 13.1 Å². The summed E-state index contributed by atoms with van der Waals surface area (Å²) in [6.07, 6.45) is 12.4. The first-order valence-corrected chi connectivity index (χ1v) is 7.71. The minimum absolute atomic E-state index is 0.391. The van der Waals surface area contributed by atoms with E-state index in [2.05, 4.69) is 4.90 Å². The van der Waals surface area contributed by atoms with Crippen LogP contribution in [0, 0.1) is 5.92 Å². The molecule has 0 aromatic rings. The number of hydrogen-bond donors (Lipinski definition) is 1. The molecule has 98 valence electrons. The molecule has 1 atom stereocenters. The van der Waals surface area contributed by atoms with E-state index in [1.54, 1.807) is 0 Å². The van der Waals surface area contributed by atoms with Crippen LogP contribution in [0.3, 0.4) is 0 Å². The molecule has 17 heavy (non-hydrogen) atoms. The summed E-state index contributed by atoms with van der Waals surface area (Å²) in [5.74, 6) is 0.970. The second kappa shape index (κ2) is 6.69. The van der Waals surface area contributed by atoms with Gasteiger partial charge in [-0.15, -0.1) is 0 Å². The van der Waals surface area contributed by atoms with Crippen LogP contribution in [0.4, 0.5) is 0 Å². The molecule has 3 heteroatoms. The molecule has 0 aromatic carbocycles. The topological polar surface area (TPSA) is 29.3 Å². The number of rotatable bonds is 4. The molecule has 1 heterocycles. The largest absolute Gasteiger partial charge is 0.392 e. The molecule has 1 aliphatic heterocycles. The van der Waals surface area contributed by atoms with Crippen LogP contribution in [-0.4, -0.2) is 29.0 Å². The molecule has 0 aromatic heterocycles. The lowest BCUT2D eigenvalue weighted by Crippen LogP contribution is -2.47. The number of thiocarbonyl (C=S) groups is 1. The predicted octanol–water partition coefficient (Wildman–Crippen LogP) is 3.10. The van der Waals surface area contributed by atoms with Gasteiger partial charge in [-0.2, -0.15) is 0 Å². The average Bonchev–Trinajstić information content (AvgIpc) is 2.38. The summed E-state index contributed by atoms with van der Waals surface area (Å²) >= 11 is 5.20. The van der Waals surface area contributed by atoms with Gasteiger partial charge >= 0.3 is 0 Å². The van der Waals surface area contributed by atoms with Gasteiger partial charge in [0.05, 0.1) is 11.0 Å². The fraction of sp³-hybridized carbons (Fsp3) is 0.929. The van der Waals surface area contributed by atoms with Crippen molar-refractivity contribution in [2.45, 2.75) is 63.8 Å². The quantitative estimate of drug-likeness (QED) is 0.782. The molecule has 2 aliphatic rings. The van der Waals surface area contributed by atoms with Crippen molar-refractivity contribution in [3.05, 3.63) is 0 Å². The van der Waals surface area contributed by atoms with Gasteiger partial charge in [0.1, 0.15) is 0 Å². The summed E-state index contributed by atoms with van der Waals surface area (Å²) in [5.41, 5.74) is 5.86. The maximum absolute atomic E-state index is 5.86. The normalized spacial score (nSPS) is 28.1. The van der Waals surface area contributed by atoms with Gasteiger partial charge < -0.3 is 5.73 Å². The Bertz CT molecular complexity index is 249. The molecule has 2 N–H and O–H groups in total. The molecule has 0 spiro atoms. The van der Waals surface area contributed by atoms with Crippen molar-refractivity contribution in [1.29, 1.82) is 0 Å². The Labute approximate surface area is 111 Å². The smallest absolute Gasteiger partial charge is 0.0902 e. The van der Waals surface area contributed by atoms with Crippen molar-refractivity contribution < 1.29 is 0 Å². The van der Waals surface area contributed by atoms with Gasteiger partial charge in [0, 0.05) is 0 Å². The molecule has 0 radical (unpaired) electrons. The molecule has 2 fully saturated rings. The van der Waals surface area contributed by atoms with Gasteiger partial charge in [0.2, 0.25) is 0 Å². The Kier molecular flexibility index (Phi) is 5.23. The molecular weight excluding hydrogens is 228 g/mol. The Balaban J connectivity index is 1.77. The third kappa shape index (κ3) is 3.92. The Hall–Kier alpha value is -0.150. The summed E-state index contributed by atoms with van der Waals surface area (Å²) in [5, 5.41) is 0. The van der Waals surface area contributed by atoms with E-state index in [4.69, 9.17) is 18.0 Å². The van der Waals surface area contributed by atoms with Crippen molar-refractivity contribution in [1.82, 2.24) is 4.90 Å². The highest BCUT2D eigenvalue weighted by Crippen LogP contribution is 2.27. The highest BCUT2D eigenvalue weighted by Gasteiger charge is 2.25. The molecule has 1 saturated carbocycles. The molecule has 0 amide bonds. The van der Waals surface area contributed by atoms with Crippen molar-refractivity contribution in [2.24, 2.45) is 11.7 Å². The highest BCUT2D eigenvalue weighted by molar-refractivity contribution is 7.80. The van der Waals surface area contributed by atoms with Gasteiger partial charge in [-0.3, -0.25) is 4.90 Å². The van der Waals surface area contributed by atoms with Crippen molar-refractivity contribution in [3.63, 3.8) is 0 Å². The zero-order chi connectivity index (χ0) is 12.1. The fourth-order valence-corrected chi connectivity index (χ4v) is 3.67. The van der Waals surface area contributed by atoms with E-state index in [0.717, 1.165) is 5.92 Å². The second-order valence-electron chi connectivity index (χ2n) is 5.74.